The van der Waals surface area contributed by atoms with Crippen molar-refractivity contribution >= 4 is 27.5 Å². The zero-order valence-electron chi connectivity index (χ0n) is 14.2. The predicted octanol–water partition coefficient (Wildman–Crippen LogP) is 1.37. The molecule has 3 rings (SSSR count). The fourth-order valence-corrected chi connectivity index (χ4v) is 3.69. The van der Waals surface area contributed by atoms with Crippen LogP contribution in [0.5, 0.6) is 0 Å². The van der Waals surface area contributed by atoms with E-state index < -0.39 is 0 Å². The summed E-state index contributed by atoms with van der Waals surface area (Å²) in [6, 6.07) is 5.28. The van der Waals surface area contributed by atoms with Crippen LogP contribution in [0.4, 0.5) is 5.69 Å². The monoisotopic (exact) mass is 395 g/mol. The molecule has 0 aromatic heterocycles. The van der Waals surface area contributed by atoms with Crippen molar-refractivity contribution in [2.24, 2.45) is 11.3 Å². The molecule has 0 spiro atoms. The Morgan fingerprint density at radius 2 is 1.96 bits per heavy atom. The molecule has 0 bridgehead atoms. The second-order valence-electron chi connectivity index (χ2n) is 7.24. The van der Waals surface area contributed by atoms with Gasteiger partial charge in [0.2, 0.25) is 0 Å². The Morgan fingerprint density at radius 3 is 2.58 bits per heavy atom. The van der Waals surface area contributed by atoms with Gasteiger partial charge in [-0.2, -0.15) is 0 Å². The van der Waals surface area contributed by atoms with E-state index in [0.717, 1.165) is 50.0 Å². The third-order valence-corrected chi connectivity index (χ3v) is 5.62. The molecule has 0 radical (unpaired) electrons. The van der Waals surface area contributed by atoms with E-state index in [9.17, 15) is 4.79 Å². The third-order valence-electron chi connectivity index (χ3n) is 5.12. The van der Waals surface area contributed by atoms with Gasteiger partial charge in [0, 0.05) is 54.8 Å². The van der Waals surface area contributed by atoms with Crippen molar-refractivity contribution < 1.29 is 4.79 Å². The summed E-state index contributed by atoms with van der Waals surface area (Å²) in [6.45, 7) is 6.01. The molecule has 24 heavy (non-hydrogen) atoms. The maximum atomic E-state index is 12.6. The first-order valence-corrected chi connectivity index (χ1v) is 9.20. The molecule has 2 aliphatic rings. The summed E-state index contributed by atoms with van der Waals surface area (Å²) in [7, 11) is 2.16. The highest BCUT2D eigenvalue weighted by molar-refractivity contribution is 9.10. The Labute approximate surface area is 151 Å². The van der Waals surface area contributed by atoms with Gasteiger partial charge in [-0.3, -0.25) is 9.80 Å². The topological polar surface area (TPSA) is 78.8 Å². The second-order valence-corrected chi connectivity index (χ2v) is 8.16. The van der Waals surface area contributed by atoms with Crippen LogP contribution in [-0.4, -0.2) is 67.0 Å². The quantitative estimate of drug-likeness (QED) is 0.340. The summed E-state index contributed by atoms with van der Waals surface area (Å²) in [5, 5.41) is 1.35. The molecule has 1 amide bonds. The molecule has 132 valence electrons. The van der Waals surface area contributed by atoms with Gasteiger partial charge in [0.25, 0.3) is 5.91 Å². The van der Waals surface area contributed by atoms with Crippen LogP contribution in [0.15, 0.2) is 22.7 Å². The summed E-state index contributed by atoms with van der Waals surface area (Å²) in [4.78, 5) is 17.5. The second kappa shape index (κ2) is 7.00. The van der Waals surface area contributed by atoms with Crippen LogP contribution in [0.3, 0.4) is 0 Å². The molecular formula is C17H26BrN5O. The maximum Gasteiger partial charge on any atom is 0.269 e. The molecule has 2 fully saturated rings. The molecule has 4 N–H and O–H groups in total. The first kappa shape index (κ1) is 17.7. The van der Waals surface area contributed by atoms with E-state index in [1.807, 2.05) is 6.07 Å². The zero-order valence-corrected chi connectivity index (χ0v) is 15.8. The highest BCUT2D eigenvalue weighted by Gasteiger charge is 2.46. The molecule has 1 saturated heterocycles. The van der Waals surface area contributed by atoms with Gasteiger partial charge in [0.05, 0.1) is 5.56 Å². The number of benzene rings is 1. The van der Waals surface area contributed by atoms with E-state index in [0.29, 0.717) is 17.8 Å². The van der Waals surface area contributed by atoms with E-state index in [2.05, 4.69) is 32.8 Å². The van der Waals surface area contributed by atoms with Crippen LogP contribution in [0, 0.1) is 5.41 Å². The number of nitrogens with two attached hydrogens (primary N) is 2. The molecule has 1 aromatic rings. The lowest BCUT2D eigenvalue weighted by Crippen LogP contribution is -2.49. The number of halogens is 1. The maximum absolute atomic E-state index is 12.6. The lowest BCUT2D eigenvalue weighted by Gasteiger charge is -2.35. The van der Waals surface area contributed by atoms with Gasteiger partial charge < -0.3 is 15.5 Å². The lowest BCUT2D eigenvalue weighted by molar-refractivity contribution is 0.0672. The van der Waals surface area contributed by atoms with Gasteiger partial charge in [0.1, 0.15) is 0 Å². The van der Waals surface area contributed by atoms with Gasteiger partial charge in [-0.05, 0) is 38.1 Å². The summed E-state index contributed by atoms with van der Waals surface area (Å²) in [6.07, 6.45) is 2.27. The van der Waals surface area contributed by atoms with Crippen molar-refractivity contribution in [3.63, 3.8) is 0 Å². The molecule has 0 atom stereocenters. The summed E-state index contributed by atoms with van der Waals surface area (Å²) >= 11 is 3.38. The zero-order chi connectivity index (χ0) is 17.3. The van der Waals surface area contributed by atoms with Crippen molar-refractivity contribution in [2.45, 2.75) is 12.8 Å². The molecule has 1 saturated carbocycles. The molecule has 7 heteroatoms. The van der Waals surface area contributed by atoms with Gasteiger partial charge >= 0.3 is 0 Å². The number of hydrogen-bond acceptors (Lipinski definition) is 5. The number of hydrogen-bond donors (Lipinski definition) is 2. The lowest BCUT2D eigenvalue weighted by atomic mass is 10.0. The standard InChI is InChI=1S/C17H26BrN5O/c1-21-6-8-22(9-7-21)11-17(4-5-17)12-23(20)16(24)14-10-13(18)2-3-15(14)19/h2-3,10H,4-9,11-12,19-20H2,1H3. The number of carbonyl (C=O) groups is 1. The predicted molar refractivity (Wildman–Crippen MR) is 99.4 cm³/mol. The number of likely N-dealkylation sites (N-methyl/N-ethyl adjacent to an activating group) is 1. The first-order valence-electron chi connectivity index (χ1n) is 8.41. The normalized spacial score (nSPS) is 20.8. The molecule has 1 heterocycles. The Balaban J connectivity index is 1.60. The van der Waals surface area contributed by atoms with Gasteiger partial charge in [-0.25, -0.2) is 5.84 Å². The van der Waals surface area contributed by atoms with E-state index in [1.54, 1.807) is 12.1 Å². The van der Waals surface area contributed by atoms with E-state index >= 15 is 0 Å². The van der Waals surface area contributed by atoms with Crippen LogP contribution in [0.25, 0.3) is 0 Å². The minimum Gasteiger partial charge on any atom is -0.398 e. The Hall–Kier alpha value is -1.15. The third kappa shape index (κ3) is 4.08. The van der Waals surface area contributed by atoms with Crippen LogP contribution in [0.1, 0.15) is 23.2 Å². The van der Waals surface area contributed by atoms with Crippen molar-refractivity contribution in [3.8, 4) is 0 Å². The number of amides is 1. The Morgan fingerprint density at radius 1 is 1.29 bits per heavy atom. The fraction of sp³-hybridized carbons (Fsp3) is 0.588. The molecule has 1 aliphatic heterocycles. The van der Waals surface area contributed by atoms with Crippen LogP contribution < -0.4 is 11.6 Å². The van der Waals surface area contributed by atoms with E-state index in [4.69, 9.17) is 11.6 Å². The SMILES string of the molecule is CN1CCN(CC2(CN(N)C(=O)c3cc(Br)ccc3N)CC2)CC1. The number of hydrazine groups is 1. The molecular weight excluding hydrogens is 370 g/mol. The average Bonchev–Trinajstić information content (AvgIpc) is 3.30. The van der Waals surface area contributed by atoms with Crippen LogP contribution >= 0.6 is 15.9 Å². The Bertz CT molecular complexity index is 611. The molecule has 6 nitrogen and oxygen atoms in total. The van der Waals surface area contributed by atoms with E-state index in [-0.39, 0.29) is 11.3 Å². The number of nitrogen functional groups attached to an aromatic ring is 1. The molecule has 1 aliphatic carbocycles. The van der Waals surface area contributed by atoms with Crippen LogP contribution in [-0.2, 0) is 0 Å². The van der Waals surface area contributed by atoms with Gasteiger partial charge in [0.15, 0.2) is 0 Å². The van der Waals surface area contributed by atoms with E-state index in [1.165, 1.54) is 5.01 Å². The van der Waals surface area contributed by atoms with Crippen molar-refractivity contribution in [1.82, 2.24) is 14.8 Å². The average molecular weight is 396 g/mol. The number of carbonyl (C=O) groups excluding carboxylic acids is 1. The minimum atomic E-state index is -0.210. The molecule has 1 aromatic carbocycles. The van der Waals surface area contributed by atoms with Gasteiger partial charge in [-0.15, -0.1) is 0 Å². The highest BCUT2D eigenvalue weighted by Crippen LogP contribution is 2.46. The smallest absolute Gasteiger partial charge is 0.269 e. The number of rotatable bonds is 5. The van der Waals surface area contributed by atoms with Crippen molar-refractivity contribution in [3.05, 3.63) is 28.2 Å². The first-order chi connectivity index (χ1) is 11.4. The van der Waals surface area contributed by atoms with Crippen molar-refractivity contribution in [1.29, 1.82) is 0 Å². The van der Waals surface area contributed by atoms with Gasteiger partial charge in [-0.1, -0.05) is 15.9 Å². The Kier molecular flexibility index (Phi) is 5.15. The largest absolute Gasteiger partial charge is 0.398 e. The van der Waals surface area contributed by atoms with Crippen molar-refractivity contribution in [2.75, 3.05) is 52.0 Å². The fourth-order valence-electron chi connectivity index (χ4n) is 3.32. The number of nitrogens with zero attached hydrogens (tertiary/aromatic N) is 3. The summed E-state index contributed by atoms with van der Waals surface area (Å²) in [5.41, 5.74) is 7.01. The number of anilines is 1. The molecule has 0 unspecified atom stereocenters. The number of piperazine rings is 1. The summed E-state index contributed by atoms with van der Waals surface area (Å²) < 4.78 is 0.826. The van der Waals surface area contributed by atoms with Crippen LogP contribution in [0.2, 0.25) is 0 Å². The summed E-state index contributed by atoms with van der Waals surface area (Å²) in [5.74, 6) is 5.90. The highest BCUT2D eigenvalue weighted by atomic mass is 79.9. The minimum absolute atomic E-state index is 0.154.